The molecule has 0 saturated heterocycles. The lowest BCUT2D eigenvalue weighted by Gasteiger charge is -2.15. The third-order valence-corrected chi connectivity index (χ3v) is 2.87. The molecule has 0 aliphatic rings. The predicted molar refractivity (Wildman–Crippen MR) is 96.1 cm³/mol. The maximum atomic E-state index is 12.3. The number of guanidine groups is 1. The van der Waals surface area contributed by atoms with Gasteiger partial charge in [-0.3, -0.25) is 4.99 Å². The van der Waals surface area contributed by atoms with Gasteiger partial charge in [-0.05, 0) is 18.4 Å². The molecule has 0 bridgehead atoms. The van der Waals surface area contributed by atoms with E-state index in [1.165, 1.54) is 6.07 Å². The zero-order valence-electron chi connectivity index (χ0n) is 13.1. The summed E-state index contributed by atoms with van der Waals surface area (Å²) in [7, 11) is 1.67. The van der Waals surface area contributed by atoms with Crippen LogP contribution in [0.2, 0.25) is 0 Å². The molecule has 0 saturated carbocycles. The van der Waals surface area contributed by atoms with E-state index in [0.29, 0.717) is 24.0 Å². The number of ether oxygens (including phenoxy) is 1. The molecule has 0 amide bonds. The molecule has 0 radical (unpaired) electrons. The highest BCUT2D eigenvalue weighted by Crippen LogP contribution is 2.19. The zero-order chi connectivity index (χ0) is 15.7. The van der Waals surface area contributed by atoms with Crippen molar-refractivity contribution in [3.05, 3.63) is 29.8 Å². The highest BCUT2D eigenvalue weighted by atomic mass is 127. The number of hydrogen-bond acceptors (Lipinski definition) is 2. The maximum Gasteiger partial charge on any atom is 0.387 e. The molecule has 0 heterocycles. The smallest absolute Gasteiger partial charge is 0.387 e. The number of nitrogens with zero attached hydrogens (tertiary/aromatic N) is 1. The normalized spacial score (nSPS) is 11.3. The lowest BCUT2D eigenvalue weighted by Crippen LogP contribution is -2.37. The van der Waals surface area contributed by atoms with Crippen molar-refractivity contribution in [1.29, 1.82) is 0 Å². The van der Waals surface area contributed by atoms with Crippen LogP contribution < -0.4 is 15.4 Å². The van der Waals surface area contributed by atoms with Gasteiger partial charge in [-0.15, -0.1) is 24.0 Å². The van der Waals surface area contributed by atoms with E-state index >= 15 is 0 Å². The van der Waals surface area contributed by atoms with E-state index in [9.17, 15) is 8.78 Å². The lowest BCUT2D eigenvalue weighted by atomic mass is 10.1. The Morgan fingerprint density at radius 3 is 2.50 bits per heavy atom. The van der Waals surface area contributed by atoms with Crippen LogP contribution in [0.5, 0.6) is 5.75 Å². The zero-order valence-corrected chi connectivity index (χ0v) is 15.4. The van der Waals surface area contributed by atoms with Crippen molar-refractivity contribution in [2.24, 2.45) is 10.9 Å². The van der Waals surface area contributed by atoms with Gasteiger partial charge in [0.15, 0.2) is 5.96 Å². The van der Waals surface area contributed by atoms with Crippen molar-refractivity contribution in [1.82, 2.24) is 10.6 Å². The second-order valence-electron chi connectivity index (χ2n) is 5.02. The van der Waals surface area contributed by atoms with E-state index in [1.54, 1.807) is 25.2 Å². The summed E-state index contributed by atoms with van der Waals surface area (Å²) >= 11 is 0. The summed E-state index contributed by atoms with van der Waals surface area (Å²) in [5.74, 6) is 1.43. The Morgan fingerprint density at radius 1 is 1.23 bits per heavy atom. The SMILES string of the molecule is CN=C(NCCC(C)C)NCc1ccccc1OC(F)F.I. The molecular formula is C15H24F2IN3O. The molecule has 0 atom stereocenters. The number of rotatable bonds is 7. The summed E-state index contributed by atoms with van der Waals surface area (Å²) < 4.78 is 29.1. The third kappa shape index (κ3) is 8.35. The minimum absolute atomic E-state index is 0. The summed E-state index contributed by atoms with van der Waals surface area (Å²) in [5.41, 5.74) is 0.657. The van der Waals surface area contributed by atoms with Crippen LogP contribution in [0.4, 0.5) is 8.78 Å². The first kappa shape index (κ1) is 20.9. The van der Waals surface area contributed by atoms with E-state index < -0.39 is 6.61 Å². The topological polar surface area (TPSA) is 45.7 Å². The fraction of sp³-hybridized carbons (Fsp3) is 0.533. The largest absolute Gasteiger partial charge is 0.434 e. The standard InChI is InChI=1S/C15H23F2N3O.HI/c1-11(2)8-9-19-15(18-3)20-10-12-6-4-5-7-13(12)21-14(16)17;/h4-7,11,14H,8-10H2,1-3H3,(H2,18,19,20);1H. The van der Waals surface area contributed by atoms with Gasteiger partial charge in [0.2, 0.25) is 0 Å². The highest BCUT2D eigenvalue weighted by Gasteiger charge is 2.09. The van der Waals surface area contributed by atoms with Crippen LogP contribution in [0.3, 0.4) is 0 Å². The van der Waals surface area contributed by atoms with Gasteiger partial charge in [-0.1, -0.05) is 32.0 Å². The second kappa shape index (κ2) is 11.4. The van der Waals surface area contributed by atoms with E-state index in [2.05, 4.69) is 34.2 Å². The van der Waals surface area contributed by atoms with Gasteiger partial charge in [-0.2, -0.15) is 8.78 Å². The molecule has 126 valence electrons. The molecule has 0 spiro atoms. The average molecular weight is 427 g/mol. The van der Waals surface area contributed by atoms with Crippen molar-refractivity contribution in [2.75, 3.05) is 13.6 Å². The van der Waals surface area contributed by atoms with Crippen LogP contribution in [0.25, 0.3) is 0 Å². The minimum atomic E-state index is -2.82. The Balaban J connectivity index is 0.00000441. The van der Waals surface area contributed by atoms with Crippen molar-refractivity contribution < 1.29 is 13.5 Å². The molecule has 4 nitrogen and oxygen atoms in total. The first-order valence-electron chi connectivity index (χ1n) is 7.00. The Labute approximate surface area is 147 Å². The van der Waals surface area contributed by atoms with Crippen molar-refractivity contribution in [3.63, 3.8) is 0 Å². The molecule has 0 unspecified atom stereocenters. The Kier molecular flexibility index (Phi) is 10.9. The maximum absolute atomic E-state index is 12.3. The van der Waals surface area contributed by atoms with Gasteiger partial charge in [0.25, 0.3) is 0 Å². The Bertz CT molecular complexity index is 456. The summed E-state index contributed by atoms with van der Waals surface area (Å²) in [5, 5.41) is 6.27. The molecule has 0 aromatic heterocycles. The third-order valence-electron chi connectivity index (χ3n) is 2.87. The molecule has 1 rings (SSSR count). The molecule has 0 fully saturated rings. The fourth-order valence-electron chi connectivity index (χ4n) is 1.74. The van der Waals surface area contributed by atoms with Crippen LogP contribution in [-0.4, -0.2) is 26.2 Å². The van der Waals surface area contributed by atoms with E-state index in [4.69, 9.17) is 0 Å². The lowest BCUT2D eigenvalue weighted by molar-refractivity contribution is -0.0504. The highest BCUT2D eigenvalue weighted by molar-refractivity contribution is 14.0. The van der Waals surface area contributed by atoms with Crippen molar-refractivity contribution >= 4 is 29.9 Å². The number of para-hydroxylation sites is 1. The van der Waals surface area contributed by atoms with E-state index in [1.807, 2.05) is 0 Å². The quantitative estimate of drug-likeness (QED) is 0.397. The number of nitrogens with one attached hydrogen (secondary N) is 2. The number of benzene rings is 1. The summed E-state index contributed by atoms with van der Waals surface area (Å²) in [6, 6.07) is 6.71. The Hall–Kier alpha value is -1.12. The summed E-state index contributed by atoms with van der Waals surface area (Å²) in [6.45, 7) is 2.65. The van der Waals surface area contributed by atoms with Gasteiger partial charge < -0.3 is 15.4 Å². The molecule has 1 aromatic carbocycles. The van der Waals surface area contributed by atoms with Gasteiger partial charge in [0, 0.05) is 25.7 Å². The van der Waals surface area contributed by atoms with Crippen LogP contribution in [0.1, 0.15) is 25.8 Å². The van der Waals surface area contributed by atoms with E-state index in [-0.39, 0.29) is 29.7 Å². The van der Waals surface area contributed by atoms with Gasteiger partial charge in [0.1, 0.15) is 5.75 Å². The van der Waals surface area contributed by atoms with Crippen molar-refractivity contribution in [3.8, 4) is 5.75 Å². The number of aliphatic imine (C=N–C) groups is 1. The average Bonchev–Trinajstić information content (AvgIpc) is 2.43. The van der Waals surface area contributed by atoms with Crippen LogP contribution in [0, 0.1) is 5.92 Å². The number of halogens is 3. The molecule has 1 aromatic rings. The molecular weight excluding hydrogens is 403 g/mol. The van der Waals surface area contributed by atoms with Gasteiger partial charge in [0.05, 0.1) is 0 Å². The van der Waals surface area contributed by atoms with Gasteiger partial charge in [-0.25, -0.2) is 0 Å². The van der Waals surface area contributed by atoms with Crippen molar-refractivity contribution in [2.45, 2.75) is 33.4 Å². The molecule has 0 aliphatic heterocycles. The fourth-order valence-corrected chi connectivity index (χ4v) is 1.74. The Morgan fingerprint density at radius 2 is 1.91 bits per heavy atom. The number of alkyl halides is 2. The molecule has 2 N–H and O–H groups in total. The second-order valence-corrected chi connectivity index (χ2v) is 5.02. The van der Waals surface area contributed by atoms with Gasteiger partial charge >= 0.3 is 6.61 Å². The predicted octanol–water partition coefficient (Wildman–Crippen LogP) is 3.62. The first-order chi connectivity index (χ1) is 10.0. The monoisotopic (exact) mass is 427 g/mol. The van der Waals surface area contributed by atoms with Crippen LogP contribution >= 0.6 is 24.0 Å². The molecule has 7 heteroatoms. The minimum Gasteiger partial charge on any atom is -0.434 e. The van der Waals surface area contributed by atoms with Crippen LogP contribution in [-0.2, 0) is 6.54 Å². The summed E-state index contributed by atoms with van der Waals surface area (Å²) in [6.07, 6.45) is 1.03. The van der Waals surface area contributed by atoms with Crippen LogP contribution in [0.15, 0.2) is 29.3 Å². The summed E-state index contributed by atoms with van der Waals surface area (Å²) in [4.78, 5) is 4.10. The molecule has 22 heavy (non-hydrogen) atoms. The molecule has 0 aliphatic carbocycles. The van der Waals surface area contributed by atoms with E-state index in [0.717, 1.165) is 13.0 Å². The first-order valence-corrected chi connectivity index (χ1v) is 7.00. The number of hydrogen-bond donors (Lipinski definition) is 2.